The van der Waals surface area contributed by atoms with E-state index >= 15 is 0 Å². The summed E-state index contributed by atoms with van der Waals surface area (Å²) in [6, 6.07) is 0.718. The Bertz CT molecular complexity index is 181. The molecule has 0 bridgehead atoms. The molecule has 0 amide bonds. The fraction of sp³-hybridized carbons (Fsp3) is 1.00. The minimum atomic E-state index is 0.718. The van der Waals surface area contributed by atoms with E-state index in [4.69, 9.17) is 0 Å². The lowest BCUT2D eigenvalue weighted by Gasteiger charge is -2.38. The summed E-state index contributed by atoms with van der Waals surface area (Å²) in [6.45, 7) is 18.0. The van der Waals surface area contributed by atoms with Crippen LogP contribution in [0.1, 0.15) is 41.0 Å². The SMILES string of the molecule is CC(C)CC(C)CN1CCN(C(C)C)CC1. The van der Waals surface area contributed by atoms with Crippen molar-refractivity contribution >= 4 is 0 Å². The van der Waals surface area contributed by atoms with E-state index in [1.54, 1.807) is 0 Å². The summed E-state index contributed by atoms with van der Waals surface area (Å²) < 4.78 is 0. The van der Waals surface area contributed by atoms with Crippen LogP contribution in [0.5, 0.6) is 0 Å². The van der Waals surface area contributed by atoms with E-state index in [2.05, 4.69) is 44.4 Å². The molecule has 1 aliphatic heterocycles. The summed E-state index contributed by atoms with van der Waals surface area (Å²) in [5.41, 5.74) is 0. The summed E-state index contributed by atoms with van der Waals surface area (Å²) >= 11 is 0. The standard InChI is InChI=1S/C14H30N2/c1-12(2)10-14(5)11-15-6-8-16(9-7-15)13(3)4/h12-14H,6-11H2,1-5H3. The maximum atomic E-state index is 2.64. The number of nitrogens with zero attached hydrogens (tertiary/aromatic N) is 2. The van der Waals surface area contributed by atoms with Crippen LogP contribution in [0.25, 0.3) is 0 Å². The highest BCUT2D eigenvalue weighted by atomic mass is 15.3. The molecule has 1 fully saturated rings. The molecule has 0 aromatic heterocycles. The summed E-state index contributed by atoms with van der Waals surface area (Å²) in [4.78, 5) is 5.23. The number of piperazine rings is 1. The van der Waals surface area contributed by atoms with Gasteiger partial charge in [-0.2, -0.15) is 0 Å². The largest absolute Gasteiger partial charge is 0.301 e. The Hall–Kier alpha value is -0.0800. The zero-order valence-corrected chi connectivity index (χ0v) is 11.9. The normalized spacial score (nSPS) is 21.9. The van der Waals surface area contributed by atoms with Gasteiger partial charge in [-0.25, -0.2) is 0 Å². The van der Waals surface area contributed by atoms with Crippen LogP contribution in [0.15, 0.2) is 0 Å². The van der Waals surface area contributed by atoms with Crippen molar-refractivity contribution in [2.75, 3.05) is 32.7 Å². The molecule has 0 saturated carbocycles. The van der Waals surface area contributed by atoms with Crippen LogP contribution in [0, 0.1) is 11.8 Å². The van der Waals surface area contributed by atoms with Gasteiger partial charge in [0.15, 0.2) is 0 Å². The van der Waals surface area contributed by atoms with Gasteiger partial charge in [0, 0.05) is 38.8 Å². The van der Waals surface area contributed by atoms with Crippen LogP contribution in [-0.4, -0.2) is 48.6 Å². The molecule has 0 N–H and O–H groups in total. The van der Waals surface area contributed by atoms with Gasteiger partial charge in [0.1, 0.15) is 0 Å². The Morgan fingerprint density at radius 1 is 0.875 bits per heavy atom. The van der Waals surface area contributed by atoms with Gasteiger partial charge in [-0.3, -0.25) is 4.90 Å². The van der Waals surface area contributed by atoms with Crippen LogP contribution in [0.2, 0.25) is 0 Å². The van der Waals surface area contributed by atoms with Gasteiger partial charge >= 0.3 is 0 Å². The highest BCUT2D eigenvalue weighted by Gasteiger charge is 2.20. The first-order valence-corrected chi connectivity index (χ1v) is 6.95. The fourth-order valence-electron chi connectivity index (χ4n) is 2.78. The molecule has 1 atom stereocenters. The molecule has 0 aromatic carbocycles. The maximum Gasteiger partial charge on any atom is 0.0113 e. The molecule has 16 heavy (non-hydrogen) atoms. The summed E-state index contributed by atoms with van der Waals surface area (Å²) in [7, 11) is 0. The Kier molecular flexibility index (Phi) is 5.77. The van der Waals surface area contributed by atoms with E-state index in [9.17, 15) is 0 Å². The third kappa shape index (κ3) is 4.84. The molecule has 1 aliphatic rings. The zero-order valence-electron chi connectivity index (χ0n) is 11.9. The first-order chi connectivity index (χ1) is 7.49. The van der Waals surface area contributed by atoms with Gasteiger partial charge in [0.2, 0.25) is 0 Å². The van der Waals surface area contributed by atoms with Crippen molar-refractivity contribution in [1.82, 2.24) is 9.80 Å². The molecule has 0 radical (unpaired) electrons. The minimum Gasteiger partial charge on any atom is -0.301 e. The number of hydrogen-bond donors (Lipinski definition) is 0. The quantitative estimate of drug-likeness (QED) is 0.711. The van der Waals surface area contributed by atoms with E-state index in [1.807, 2.05) is 0 Å². The van der Waals surface area contributed by atoms with Gasteiger partial charge in [-0.05, 0) is 32.1 Å². The van der Waals surface area contributed by atoms with Crippen molar-refractivity contribution in [3.05, 3.63) is 0 Å². The average molecular weight is 226 g/mol. The average Bonchev–Trinajstić information content (AvgIpc) is 2.16. The van der Waals surface area contributed by atoms with Crippen molar-refractivity contribution in [1.29, 1.82) is 0 Å². The topological polar surface area (TPSA) is 6.48 Å². The molecule has 0 spiro atoms. The zero-order chi connectivity index (χ0) is 12.1. The van der Waals surface area contributed by atoms with Crippen LogP contribution >= 0.6 is 0 Å². The molecule has 2 heteroatoms. The van der Waals surface area contributed by atoms with Gasteiger partial charge in [0.05, 0.1) is 0 Å². The Morgan fingerprint density at radius 2 is 1.44 bits per heavy atom. The van der Waals surface area contributed by atoms with Crippen molar-refractivity contribution < 1.29 is 0 Å². The third-order valence-electron chi connectivity index (χ3n) is 3.58. The Balaban J connectivity index is 2.21. The lowest BCUT2D eigenvalue weighted by Crippen LogP contribution is -2.49. The number of hydrogen-bond acceptors (Lipinski definition) is 2. The second-order valence-electron chi connectivity index (χ2n) is 6.17. The van der Waals surface area contributed by atoms with Gasteiger partial charge in [-0.15, -0.1) is 0 Å². The molecule has 1 rings (SSSR count). The Labute approximate surface area is 102 Å². The minimum absolute atomic E-state index is 0.718. The summed E-state index contributed by atoms with van der Waals surface area (Å²) in [5, 5.41) is 0. The summed E-state index contributed by atoms with van der Waals surface area (Å²) in [5.74, 6) is 1.69. The maximum absolute atomic E-state index is 2.64. The van der Waals surface area contributed by atoms with Gasteiger partial charge in [0.25, 0.3) is 0 Å². The lowest BCUT2D eigenvalue weighted by molar-refractivity contribution is 0.0961. The molecule has 1 heterocycles. The molecule has 96 valence electrons. The van der Waals surface area contributed by atoms with Crippen molar-refractivity contribution in [3.8, 4) is 0 Å². The molecular weight excluding hydrogens is 196 g/mol. The molecule has 2 nitrogen and oxygen atoms in total. The van der Waals surface area contributed by atoms with Gasteiger partial charge < -0.3 is 4.90 Å². The molecule has 0 aromatic rings. The third-order valence-corrected chi connectivity index (χ3v) is 3.58. The van der Waals surface area contributed by atoms with Crippen molar-refractivity contribution in [2.24, 2.45) is 11.8 Å². The van der Waals surface area contributed by atoms with Crippen LogP contribution in [-0.2, 0) is 0 Å². The smallest absolute Gasteiger partial charge is 0.0113 e. The van der Waals surface area contributed by atoms with E-state index in [0.29, 0.717) is 0 Å². The molecule has 1 saturated heterocycles. The summed E-state index contributed by atoms with van der Waals surface area (Å²) in [6.07, 6.45) is 1.37. The molecule has 1 unspecified atom stereocenters. The highest BCUT2D eigenvalue weighted by Crippen LogP contribution is 2.14. The number of rotatable bonds is 5. The van der Waals surface area contributed by atoms with E-state index < -0.39 is 0 Å². The highest BCUT2D eigenvalue weighted by molar-refractivity contribution is 4.75. The first kappa shape index (κ1) is 14.0. The van der Waals surface area contributed by atoms with E-state index in [1.165, 1.54) is 39.1 Å². The van der Waals surface area contributed by atoms with Crippen molar-refractivity contribution in [3.63, 3.8) is 0 Å². The van der Waals surface area contributed by atoms with Gasteiger partial charge in [-0.1, -0.05) is 20.8 Å². The Morgan fingerprint density at radius 3 is 1.88 bits per heavy atom. The predicted octanol–water partition coefficient (Wildman–Crippen LogP) is 2.69. The van der Waals surface area contributed by atoms with Crippen LogP contribution in [0.4, 0.5) is 0 Å². The first-order valence-electron chi connectivity index (χ1n) is 6.95. The van der Waals surface area contributed by atoms with Crippen LogP contribution < -0.4 is 0 Å². The van der Waals surface area contributed by atoms with E-state index in [-0.39, 0.29) is 0 Å². The lowest BCUT2D eigenvalue weighted by atomic mass is 9.98. The second-order valence-corrected chi connectivity index (χ2v) is 6.17. The molecular formula is C14H30N2. The van der Waals surface area contributed by atoms with Crippen molar-refractivity contribution in [2.45, 2.75) is 47.1 Å². The van der Waals surface area contributed by atoms with Crippen LogP contribution in [0.3, 0.4) is 0 Å². The second kappa shape index (κ2) is 6.61. The predicted molar refractivity (Wildman–Crippen MR) is 71.8 cm³/mol. The van der Waals surface area contributed by atoms with E-state index in [0.717, 1.165) is 17.9 Å². The monoisotopic (exact) mass is 226 g/mol. The molecule has 0 aliphatic carbocycles. The fourth-order valence-corrected chi connectivity index (χ4v) is 2.78.